The zero-order chi connectivity index (χ0) is 11.7. The van der Waals surface area contributed by atoms with Crippen molar-refractivity contribution in [2.45, 2.75) is 43.9 Å². The molecular formula is C11H17N3O3. The van der Waals surface area contributed by atoms with E-state index < -0.39 is 0 Å². The molecule has 94 valence electrons. The monoisotopic (exact) mass is 239 g/mol. The molecule has 2 aliphatic heterocycles. The molecule has 3 rings (SSSR count). The Kier molecular flexibility index (Phi) is 3.09. The van der Waals surface area contributed by atoms with Crippen LogP contribution < -0.4 is 5.32 Å². The van der Waals surface area contributed by atoms with E-state index in [0.717, 1.165) is 25.9 Å². The Morgan fingerprint density at radius 3 is 3.12 bits per heavy atom. The van der Waals surface area contributed by atoms with Crippen molar-refractivity contribution < 1.29 is 14.4 Å². The number of rotatable bonds is 3. The van der Waals surface area contributed by atoms with Crippen molar-refractivity contribution in [2.24, 2.45) is 0 Å². The van der Waals surface area contributed by atoms with E-state index in [2.05, 4.69) is 15.5 Å². The van der Waals surface area contributed by atoms with E-state index >= 15 is 0 Å². The van der Waals surface area contributed by atoms with Gasteiger partial charge in [0.2, 0.25) is 5.89 Å². The van der Waals surface area contributed by atoms with E-state index in [0.29, 0.717) is 24.7 Å². The molecule has 2 fully saturated rings. The molecule has 2 aliphatic rings. The Morgan fingerprint density at radius 1 is 1.47 bits per heavy atom. The Morgan fingerprint density at radius 2 is 2.41 bits per heavy atom. The topological polar surface area (TPSA) is 80.4 Å². The summed E-state index contributed by atoms with van der Waals surface area (Å²) in [6.45, 7) is 1.43. The summed E-state index contributed by atoms with van der Waals surface area (Å²) >= 11 is 0. The molecule has 2 N–H and O–H groups in total. The van der Waals surface area contributed by atoms with Gasteiger partial charge in [-0.05, 0) is 19.3 Å². The van der Waals surface area contributed by atoms with Gasteiger partial charge in [0.15, 0.2) is 5.82 Å². The zero-order valence-electron chi connectivity index (χ0n) is 9.63. The van der Waals surface area contributed by atoms with Crippen molar-refractivity contribution in [1.29, 1.82) is 0 Å². The standard InChI is InChI=1S/C11H17N3O3/c15-7-4-9(12-6-7)11-13-10(14-17-11)5-8-2-1-3-16-8/h7-9,12,15H,1-6H2/t7-,8?,9+/m1/s1. The lowest BCUT2D eigenvalue weighted by atomic mass is 10.2. The van der Waals surface area contributed by atoms with Gasteiger partial charge < -0.3 is 19.7 Å². The van der Waals surface area contributed by atoms with Crippen molar-refractivity contribution in [3.8, 4) is 0 Å². The molecule has 0 aliphatic carbocycles. The van der Waals surface area contributed by atoms with Crippen LogP contribution in [0, 0.1) is 0 Å². The predicted molar refractivity (Wildman–Crippen MR) is 58.3 cm³/mol. The van der Waals surface area contributed by atoms with Gasteiger partial charge in [-0.2, -0.15) is 4.98 Å². The molecule has 0 aromatic carbocycles. The van der Waals surface area contributed by atoms with Crippen molar-refractivity contribution in [2.75, 3.05) is 13.2 Å². The fourth-order valence-corrected chi connectivity index (χ4v) is 2.41. The molecule has 1 aromatic heterocycles. The summed E-state index contributed by atoms with van der Waals surface area (Å²) in [5.41, 5.74) is 0. The van der Waals surface area contributed by atoms with E-state index in [4.69, 9.17) is 9.26 Å². The van der Waals surface area contributed by atoms with Crippen molar-refractivity contribution in [1.82, 2.24) is 15.5 Å². The number of β-amino-alcohol motifs (C(OH)–C–C–N with tert-alkyl or cyclic N) is 1. The van der Waals surface area contributed by atoms with Gasteiger partial charge in [0.1, 0.15) is 0 Å². The summed E-state index contributed by atoms with van der Waals surface area (Å²) in [7, 11) is 0. The first-order valence-corrected chi connectivity index (χ1v) is 6.17. The summed E-state index contributed by atoms with van der Waals surface area (Å²) in [6, 6.07) is -0.00394. The molecule has 6 heteroatoms. The molecule has 3 heterocycles. The molecule has 6 nitrogen and oxygen atoms in total. The van der Waals surface area contributed by atoms with Crippen LogP contribution in [-0.2, 0) is 11.2 Å². The van der Waals surface area contributed by atoms with E-state index in [-0.39, 0.29) is 18.2 Å². The summed E-state index contributed by atoms with van der Waals surface area (Å²) in [5, 5.41) is 16.5. The second kappa shape index (κ2) is 4.72. The highest BCUT2D eigenvalue weighted by atomic mass is 16.5. The average molecular weight is 239 g/mol. The average Bonchev–Trinajstić information content (AvgIpc) is 2.99. The number of aromatic nitrogens is 2. The Hall–Kier alpha value is -0.980. The van der Waals surface area contributed by atoms with Gasteiger partial charge in [-0.15, -0.1) is 0 Å². The molecule has 1 unspecified atom stereocenters. The first kappa shape index (κ1) is 11.1. The normalized spacial score (nSPS) is 33.4. The van der Waals surface area contributed by atoms with Crippen LogP contribution in [0.3, 0.4) is 0 Å². The highest BCUT2D eigenvalue weighted by molar-refractivity contribution is 4.98. The number of hydrogen-bond acceptors (Lipinski definition) is 6. The number of aliphatic hydroxyl groups is 1. The van der Waals surface area contributed by atoms with Crippen LogP contribution in [0.25, 0.3) is 0 Å². The van der Waals surface area contributed by atoms with Gasteiger partial charge in [-0.25, -0.2) is 0 Å². The van der Waals surface area contributed by atoms with Gasteiger partial charge in [-0.3, -0.25) is 0 Å². The third kappa shape index (κ3) is 2.48. The first-order valence-electron chi connectivity index (χ1n) is 6.17. The SMILES string of the molecule is O[C@H]1CN[C@H](c2nc(CC3CCCO3)no2)C1. The van der Waals surface area contributed by atoms with Crippen LogP contribution in [0.4, 0.5) is 0 Å². The Labute approximate surface area is 99.3 Å². The minimum Gasteiger partial charge on any atom is -0.392 e. The van der Waals surface area contributed by atoms with Gasteiger partial charge in [-0.1, -0.05) is 5.16 Å². The van der Waals surface area contributed by atoms with Crippen molar-refractivity contribution in [3.05, 3.63) is 11.7 Å². The molecule has 3 atom stereocenters. The quantitative estimate of drug-likeness (QED) is 0.783. The minimum absolute atomic E-state index is 0.00394. The van der Waals surface area contributed by atoms with E-state index in [1.165, 1.54) is 0 Å². The van der Waals surface area contributed by atoms with Crippen LogP contribution in [0.1, 0.15) is 37.0 Å². The largest absolute Gasteiger partial charge is 0.392 e. The molecule has 0 saturated carbocycles. The van der Waals surface area contributed by atoms with E-state index in [1.807, 2.05) is 0 Å². The summed E-state index contributed by atoms with van der Waals surface area (Å²) in [5.74, 6) is 1.28. The van der Waals surface area contributed by atoms with Crippen LogP contribution in [-0.4, -0.2) is 40.6 Å². The lowest BCUT2D eigenvalue weighted by molar-refractivity contribution is 0.109. The molecule has 0 radical (unpaired) electrons. The van der Waals surface area contributed by atoms with Gasteiger partial charge in [0.05, 0.1) is 18.2 Å². The Bertz CT molecular complexity index is 376. The third-order valence-electron chi connectivity index (χ3n) is 3.32. The fraction of sp³-hybridized carbons (Fsp3) is 0.818. The molecular weight excluding hydrogens is 222 g/mol. The van der Waals surface area contributed by atoms with Gasteiger partial charge >= 0.3 is 0 Å². The van der Waals surface area contributed by atoms with Crippen molar-refractivity contribution >= 4 is 0 Å². The third-order valence-corrected chi connectivity index (χ3v) is 3.32. The van der Waals surface area contributed by atoms with Gasteiger partial charge in [0.25, 0.3) is 0 Å². The van der Waals surface area contributed by atoms with E-state index in [9.17, 15) is 5.11 Å². The lowest BCUT2D eigenvalue weighted by Gasteiger charge is -2.04. The van der Waals surface area contributed by atoms with Crippen LogP contribution in [0.5, 0.6) is 0 Å². The summed E-state index contributed by atoms with van der Waals surface area (Å²) in [6.07, 6.45) is 3.48. The maximum absolute atomic E-state index is 9.43. The highest BCUT2D eigenvalue weighted by Gasteiger charge is 2.28. The molecule has 2 saturated heterocycles. The first-order chi connectivity index (χ1) is 8.31. The number of ether oxygens (including phenoxy) is 1. The smallest absolute Gasteiger partial charge is 0.243 e. The molecule has 0 amide bonds. The number of aliphatic hydroxyl groups excluding tert-OH is 1. The highest BCUT2D eigenvalue weighted by Crippen LogP contribution is 2.22. The summed E-state index contributed by atoms with van der Waals surface area (Å²) < 4.78 is 10.7. The number of nitrogens with zero attached hydrogens (tertiary/aromatic N) is 2. The minimum atomic E-state index is -0.312. The number of nitrogens with one attached hydrogen (secondary N) is 1. The second-order valence-electron chi connectivity index (χ2n) is 4.74. The maximum atomic E-state index is 9.43. The Balaban J connectivity index is 1.61. The maximum Gasteiger partial charge on any atom is 0.243 e. The van der Waals surface area contributed by atoms with E-state index in [1.54, 1.807) is 0 Å². The second-order valence-corrected chi connectivity index (χ2v) is 4.74. The fourth-order valence-electron chi connectivity index (χ4n) is 2.41. The van der Waals surface area contributed by atoms with Crippen LogP contribution in [0.15, 0.2) is 4.52 Å². The number of hydrogen-bond donors (Lipinski definition) is 2. The molecule has 0 bridgehead atoms. The summed E-state index contributed by atoms with van der Waals surface area (Å²) in [4.78, 5) is 4.36. The van der Waals surface area contributed by atoms with Crippen molar-refractivity contribution in [3.63, 3.8) is 0 Å². The molecule has 1 aromatic rings. The van der Waals surface area contributed by atoms with Crippen LogP contribution in [0.2, 0.25) is 0 Å². The molecule has 17 heavy (non-hydrogen) atoms. The predicted octanol–water partition coefficient (Wildman–Crippen LogP) is 0.186. The van der Waals surface area contributed by atoms with Crippen LogP contribution >= 0.6 is 0 Å². The van der Waals surface area contributed by atoms with Gasteiger partial charge in [0, 0.05) is 19.6 Å². The zero-order valence-corrected chi connectivity index (χ0v) is 9.63. The lowest BCUT2D eigenvalue weighted by Crippen LogP contribution is -2.15. The molecule has 0 spiro atoms.